The predicted octanol–water partition coefficient (Wildman–Crippen LogP) is 2.20. The van der Waals surface area contributed by atoms with Gasteiger partial charge in [0.1, 0.15) is 5.82 Å². The minimum Gasteiger partial charge on any atom is -0.383 e. The lowest BCUT2D eigenvalue weighted by Crippen LogP contribution is -2.07. The van der Waals surface area contributed by atoms with E-state index in [-0.39, 0.29) is 23.8 Å². The van der Waals surface area contributed by atoms with Crippen molar-refractivity contribution in [2.45, 2.75) is 12.7 Å². The van der Waals surface area contributed by atoms with Gasteiger partial charge in [-0.05, 0) is 12.1 Å². The van der Waals surface area contributed by atoms with E-state index in [0.29, 0.717) is 5.56 Å². The van der Waals surface area contributed by atoms with Gasteiger partial charge in [-0.1, -0.05) is 12.1 Å². The van der Waals surface area contributed by atoms with Gasteiger partial charge in [0.05, 0.1) is 5.56 Å². The van der Waals surface area contributed by atoms with Crippen molar-refractivity contribution >= 4 is 5.82 Å². The quantitative estimate of drug-likeness (QED) is 0.875. The first-order valence-corrected chi connectivity index (χ1v) is 5.41. The van der Waals surface area contributed by atoms with Crippen molar-refractivity contribution in [3.05, 3.63) is 41.6 Å². The highest BCUT2D eigenvalue weighted by atomic mass is 19.4. The monoisotopic (exact) mass is 268 g/mol. The molecule has 0 aliphatic heterocycles. The van der Waals surface area contributed by atoms with Crippen LogP contribution in [0.1, 0.15) is 11.1 Å². The van der Waals surface area contributed by atoms with E-state index in [1.54, 1.807) is 0 Å². The normalized spacial score (nSPS) is 11.6. The van der Waals surface area contributed by atoms with Crippen molar-refractivity contribution in [2.75, 3.05) is 5.73 Å². The van der Waals surface area contributed by atoms with E-state index in [9.17, 15) is 13.2 Å². The second-order valence-electron chi connectivity index (χ2n) is 3.89. The van der Waals surface area contributed by atoms with Gasteiger partial charge in [0.25, 0.3) is 0 Å². The number of nitrogens with zero attached hydrogens (tertiary/aromatic N) is 2. The Balaban J connectivity index is 2.45. The molecule has 4 nitrogen and oxygen atoms in total. The van der Waals surface area contributed by atoms with Crippen LogP contribution in [0.4, 0.5) is 19.0 Å². The third-order valence-corrected chi connectivity index (χ3v) is 2.57. The summed E-state index contributed by atoms with van der Waals surface area (Å²) in [6.07, 6.45) is -2.99. The fourth-order valence-corrected chi connectivity index (χ4v) is 1.55. The molecule has 7 heteroatoms. The second-order valence-corrected chi connectivity index (χ2v) is 3.89. The molecule has 0 bridgehead atoms. The molecule has 0 saturated heterocycles. The minimum atomic E-state index is -4.40. The number of rotatable bonds is 2. The Bertz CT molecular complexity index is 596. The predicted molar refractivity (Wildman–Crippen MR) is 64.8 cm³/mol. The molecule has 0 saturated carbocycles. The molecule has 1 aromatic heterocycles. The third kappa shape index (κ3) is 2.82. The Hall–Kier alpha value is -2.15. The van der Waals surface area contributed by atoms with Crippen LogP contribution in [0.5, 0.6) is 0 Å². The Morgan fingerprint density at radius 3 is 2.53 bits per heavy atom. The van der Waals surface area contributed by atoms with E-state index >= 15 is 0 Å². The zero-order valence-corrected chi connectivity index (χ0v) is 9.78. The molecule has 1 aromatic carbocycles. The average Bonchev–Trinajstić information content (AvgIpc) is 2.38. The van der Waals surface area contributed by atoms with Gasteiger partial charge in [-0.25, -0.2) is 9.97 Å². The molecule has 0 fully saturated rings. The molecule has 0 radical (unpaired) electrons. The zero-order chi connectivity index (χ0) is 14.0. The molecule has 100 valence electrons. The number of hydrogen-bond donors (Lipinski definition) is 2. The highest BCUT2D eigenvalue weighted by Gasteiger charge is 2.30. The summed E-state index contributed by atoms with van der Waals surface area (Å²) < 4.78 is 37.8. The summed E-state index contributed by atoms with van der Waals surface area (Å²) in [6, 6.07) is 4.76. The zero-order valence-electron chi connectivity index (χ0n) is 9.78. The van der Waals surface area contributed by atoms with Gasteiger partial charge in [-0.3, -0.25) is 0 Å². The SMILES string of the molecule is NCc1cnc(-c2cccc(C(F)(F)F)c2)nc1N. The van der Waals surface area contributed by atoms with Crippen LogP contribution < -0.4 is 11.5 Å². The minimum absolute atomic E-state index is 0.140. The molecule has 1 heterocycles. The van der Waals surface area contributed by atoms with Crippen molar-refractivity contribution < 1.29 is 13.2 Å². The maximum absolute atomic E-state index is 12.6. The van der Waals surface area contributed by atoms with E-state index in [1.807, 2.05) is 0 Å². The van der Waals surface area contributed by atoms with Crippen molar-refractivity contribution in [1.29, 1.82) is 0 Å². The summed E-state index contributed by atoms with van der Waals surface area (Å²) in [6.45, 7) is 0.175. The van der Waals surface area contributed by atoms with Gasteiger partial charge >= 0.3 is 6.18 Å². The van der Waals surface area contributed by atoms with E-state index in [1.165, 1.54) is 18.3 Å². The van der Waals surface area contributed by atoms with Crippen LogP contribution in [-0.4, -0.2) is 9.97 Å². The van der Waals surface area contributed by atoms with Gasteiger partial charge < -0.3 is 11.5 Å². The summed E-state index contributed by atoms with van der Waals surface area (Å²) >= 11 is 0. The molecule has 0 aliphatic carbocycles. The Kier molecular flexibility index (Phi) is 3.39. The topological polar surface area (TPSA) is 77.8 Å². The number of nitrogen functional groups attached to an aromatic ring is 1. The van der Waals surface area contributed by atoms with E-state index < -0.39 is 11.7 Å². The number of benzene rings is 1. The largest absolute Gasteiger partial charge is 0.416 e. The fraction of sp³-hybridized carbons (Fsp3) is 0.167. The third-order valence-electron chi connectivity index (χ3n) is 2.57. The first-order chi connectivity index (χ1) is 8.91. The van der Waals surface area contributed by atoms with Crippen LogP contribution in [-0.2, 0) is 12.7 Å². The number of hydrogen-bond acceptors (Lipinski definition) is 4. The van der Waals surface area contributed by atoms with Crippen LogP contribution in [0, 0.1) is 0 Å². The molecule has 2 rings (SSSR count). The summed E-state index contributed by atoms with van der Waals surface area (Å²) in [5.74, 6) is 0.311. The summed E-state index contributed by atoms with van der Waals surface area (Å²) in [7, 11) is 0. The van der Waals surface area contributed by atoms with Crippen LogP contribution in [0.2, 0.25) is 0 Å². The van der Waals surface area contributed by atoms with Crippen LogP contribution in [0.15, 0.2) is 30.5 Å². The number of alkyl halides is 3. The van der Waals surface area contributed by atoms with Crippen molar-refractivity contribution in [3.8, 4) is 11.4 Å². The van der Waals surface area contributed by atoms with Crippen molar-refractivity contribution in [3.63, 3.8) is 0 Å². The molecular formula is C12H11F3N4. The first kappa shape index (κ1) is 13.3. The lowest BCUT2D eigenvalue weighted by molar-refractivity contribution is -0.137. The molecule has 0 atom stereocenters. The van der Waals surface area contributed by atoms with Gasteiger partial charge in [-0.2, -0.15) is 13.2 Å². The van der Waals surface area contributed by atoms with Crippen LogP contribution >= 0.6 is 0 Å². The molecule has 2 aromatic rings. The van der Waals surface area contributed by atoms with Crippen molar-refractivity contribution in [1.82, 2.24) is 9.97 Å². The Morgan fingerprint density at radius 1 is 1.21 bits per heavy atom. The lowest BCUT2D eigenvalue weighted by atomic mass is 10.1. The van der Waals surface area contributed by atoms with Gasteiger partial charge in [0.2, 0.25) is 0 Å². The van der Waals surface area contributed by atoms with E-state index in [4.69, 9.17) is 11.5 Å². The number of nitrogens with two attached hydrogens (primary N) is 2. The molecule has 0 amide bonds. The highest BCUT2D eigenvalue weighted by Crippen LogP contribution is 2.31. The molecule has 0 spiro atoms. The number of halogens is 3. The Morgan fingerprint density at radius 2 is 1.95 bits per heavy atom. The maximum atomic E-state index is 12.6. The standard InChI is InChI=1S/C12H11F3N4/c13-12(14,15)9-3-1-2-7(4-9)11-18-6-8(5-16)10(17)19-11/h1-4,6H,5,16H2,(H2,17,18,19). The average molecular weight is 268 g/mol. The van der Waals surface area contributed by atoms with Gasteiger partial charge in [0, 0.05) is 23.9 Å². The van der Waals surface area contributed by atoms with Crippen LogP contribution in [0.25, 0.3) is 11.4 Å². The highest BCUT2D eigenvalue weighted by molar-refractivity contribution is 5.58. The number of anilines is 1. The summed E-state index contributed by atoms with van der Waals surface area (Å²) in [5.41, 5.74) is 11.1. The van der Waals surface area contributed by atoms with E-state index in [0.717, 1.165) is 12.1 Å². The van der Waals surface area contributed by atoms with E-state index in [2.05, 4.69) is 9.97 Å². The van der Waals surface area contributed by atoms with Crippen molar-refractivity contribution in [2.24, 2.45) is 5.73 Å². The smallest absolute Gasteiger partial charge is 0.383 e. The first-order valence-electron chi connectivity index (χ1n) is 5.41. The Labute approximate surface area is 107 Å². The summed E-state index contributed by atoms with van der Waals surface area (Å²) in [4.78, 5) is 7.92. The summed E-state index contributed by atoms with van der Waals surface area (Å²) in [5, 5.41) is 0. The lowest BCUT2D eigenvalue weighted by Gasteiger charge is -2.09. The molecule has 19 heavy (non-hydrogen) atoms. The molecular weight excluding hydrogens is 257 g/mol. The molecule has 4 N–H and O–H groups in total. The second kappa shape index (κ2) is 4.85. The van der Waals surface area contributed by atoms with Gasteiger partial charge in [-0.15, -0.1) is 0 Å². The van der Waals surface area contributed by atoms with Gasteiger partial charge in [0.15, 0.2) is 5.82 Å². The molecule has 0 aliphatic rings. The number of aromatic nitrogens is 2. The van der Waals surface area contributed by atoms with Crippen LogP contribution in [0.3, 0.4) is 0 Å². The molecule has 0 unspecified atom stereocenters. The fourth-order valence-electron chi connectivity index (χ4n) is 1.55. The maximum Gasteiger partial charge on any atom is 0.416 e.